The zero-order valence-electron chi connectivity index (χ0n) is 21.1. The first-order valence-electron chi connectivity index (χ1n) is 12.3. The number of para-hydroxylation sites is 1. The Bertz CT molecular complexity index is 1490. The molecule has 2 aromatic heterocycles. The Labute approximate surface area is 219 Å². The van der Waals surface area contributed by atoms with Crippen LogP contribution in [0.3, 0.4) is 0 Å². The summed E-state index contributed by atoms with van der Waals surface area (Å²) in [6.45, 7) is 2.06. The van der Waals surface area contributed by atoms with Crippen molar-refractivity contribution in [1.82, 2.24) is 4.98 Å². The molecular weight excluding hydrogens is 488 g/mol. The van der Waals surface area contributed by atoms with Crippen LogP contribution in [0, 0.1) is 0 Å². The largest absolute Gasteiger partial charge is 0.497 e. The van der Waals surface area contributed by atoms with Gasteiger partial charge in [0.1, 0.15) is 16.5 Å². The maximum atomic E-state index is 13.8. The predicted octanol–water partition coefficient (Wildman–Crippen LogP) is 6.29. The molecule has 1 N–H and O–H groups in total. The molecule has 4 aromatic rings. The molecular formula is C29H28N2O5S. The van der Waals surface area contributed by atoms with Crippen molar-refractivity contribution in [3.05, 3.63) is 70.1 Å². The van der Waals surface area contributed by atoms with Crippen LogP contribution < -0.4 is 14.8 Å². The van der Waals surface area contributed by atoms with Gasteiger partial charge in [-0.05, 0) is 62.4 Å². The molecule has 1 aliphatic carbocycles. The lowest BCUT2D eigenvalue weighted by molar-refractivity contribution is 0.0526. The van der Waals surface area contributed by atoms with Crippen molar-refractivity contribution in [2.24, 2.45) is 0 Å². The molecule has 0 radical (unpaired) electrons. The number of esters is 1. The number of ether oxygens (including phenoxy) is 3. The Morgan fingerprint density at radius 1 is 1.03 bits per heavy atom. The lowest BCUT2D eigenvalue weighted by Crippen LogP contribution is -2.16. The molecule has 0 saturated heterocycles. The molecule has 0 spiro atoms. The fraction of sp³-hybridized carbons (Fsp3) is 0.276. The minimum Gasteiger partial charge on any atom is -0.497 e. The molecule has 1 aliphatic rings. The molecule has 190 valence electrons. The van der Waals surface area contributed by atoms with Gasteiger partial charge >= 0.3 is 5.97 Å². The zero-order valence-corrected chi connectivity index (χ0v) is 21.9. The molecule has 5 rings (SSSR count). The summed E-state index contributed by atoms with van der Waals surface area (Å²) < 4.78 is 16.3. The van der Waals surface area contributed by atoms with Crippen LogP contribution in [-0.4, -0.2) is 37.7 Å². The number of rotatable bonds is 7. The van der Waals surface area contributed by atoms with Crippen LogP contribution in [-0.2, 0) is 17.6 Å². The van der Waals surface area contributed by atoms with Crippen LogP contribution in [0.4, 0.5) is 5.00 Å². The van der Waals surface area contributed by atoms with Gasteiger partial charge in [-0.2, -0.15) is 0 Å². The zero-order chi connectivity index (χ0) is 25.9. The number of thiophene rings is 1. The van der Waals surface area contributed by atoms with Crippen LogP contribution in [0.15, 0.2) is 48.5 Å². The van der Waals surface area contributed by atoms with E-state index in [-0.39, 0.29) is 18.5 Å². The minimum atomic E-state index is -0.388. The highest BCUT2D eigenvalue weighted by atomic mass is 32.1. The Balaban J connectivity index is 1.59. The molecule has 0 saturated carbocycles. The number of methoxy groups -OCH3 is 2. The topological polar surface area (TPSA) is 86.8 Å². The van der Waals surface area contributed by atoms with Crippen molar-refractivity contribution in [3.63, 3.8) is 0 Å². The number of hydrogen-bond acceptors (Lipinski definition) is 7. The molecule has 37 heavy (non-hydrogen) atoms. The third-order valence-corrected chi connectivity index (χ3v) is 7.73. The number of hydrogen-bond donors (Lipinski definition) is 1. The number of aromatic nitrogens is 1. The summed E-state index contributed by atoms with van der Waals surface area (Å²) in [6, 6.07) is 14.8. The first kappa shape index (κ1) is 24.8. The third kappa shape index (κ3) is 4.76. The second kappa shape index (κ2) is 10.6. The van der Waals surface area contributed by atoms with Crippen molar-refractivity contribution in [2.75, 3.05) is 26.1 Å². The number of aryl methyl sites for hydroxylation is 1. The number of nitrogens with zero attached hydrogens (tertiary/aromatic N) is 1. The van der Waals surface area contributed by atoms with Crippen molar-refractivity contribution in [1.29, 1.82) is 0 Å². The van der Waals surface area contributed by atoms with E-state index in [1.165, 1.54) is 11.3 Å². The molecule has 2 aromatic carbocycles. The number of carbonyl (C=O) groups excluding carboxylic acids is 2. The molecule has 8 heteroatoms. The monoisotopic (exact) mass is 516 g/mol. The van der Waals surface area contributed by atoms with E-state index < -0.39 is 0 Å². The second-order valence-electron chi connectivity index (χ2n) is 8.73. The molecule has 1 amide bonds. The molecule has 2 heterocycles. The highest BCUT2D eigenvalue weighted by Gasteiger charge is 2.28. The van der Waals surface area contributed by atoms with Gasteiger partial charge in [0.05, 0.1) is 43.2 Å². The maximum absolute atomic E-state index is 13.8. The van der Waals surface area contributed by atoms with Gasteiger partial charge in [0.15, 0.2) is 0 Å². The summed E-state index contributed by atoms with van der Waals surface area (Å²) in [4.78, 5) is 32.6. The van der Waals surface area contributed by atoms with Crippen LogP contribution in [0.2, 0.25) is 0 Å². The first-order valence-corrected chi connectivity index (χ1v) is 13.1. The van der Waals surface area contributed by atoms with Crippen molar-refractivity contribution in [2.45, 2.75) is 32.6 Å². The van der Waals surface area contributed by atoms with Gasteiger partial charge in [-0.25, -0.2) is 9.78 Å². The van der Waals surface area contributed by atoms with E-state index in [1.54, 1.807) is 33.3 Å². The van der Waals surface area contributed by atoms with E-state index in [9.17, 15) is 9.59 Å². The van der Waals surface area contributed by atoms with Crippen molar-refractivity contribution < 1.29 is 23.8 Å². The third-order valence-electron chi connectivity index (χ3n) is 6.52. The van der Waals surface area contributed by atoms with E-state index in [0.29, 0.717) is 38.8 Å². The van der Waals surface area contributed by atoms with Crippen LogP contribution in [0.1, 0.15) is 50.9 Å². The Morgan fingerprint density at radius 2 is 1.84 bits per heavy atom. The van der Waals surface area contributed by atoms with Gasteiger partial charge in [-0.15, -0.1) is 11.3 Å². The standard InChI is InChI=1S/C29H28N2O5S/c1-4-36-29(33)26-20-10-6-8-12-25(20)37-28(26)31-27(32)21-16-23(30-22-11-7-5-9-18(21)22)19-14-13-17(34-2)15-24(19)35-3/h5,7,9,11,13-16H,4,6,8,10,12H2,1-3H3,(H,31,32). The number of anilines is 1. The Kier molecular flexibility index (Phi) is 7.10. The summed E-state index contributed by atoms with van der Waals surface area (Å²) in [6.07, 6.45) is 3.81. The highest BCUT2D eigenvalue weighted by Crippen LogP contribution is 2.39. The summed E-state index contributed by atoms with van der Waals surface area (Å²) in [7, 11) is 3.18. The lowest BCUT2D eigenvalue weighted by atomic mass is 9.95. The maximum Gasteiger partial charge on any atom is 0.341 e. The van der Waals surface area contributed by atoms with E-state index >= 15 is 0 Å². The SMILES string of the molecule is CCOC(=O)c1c(NC(=O)c2cc(-c3ccc(OC)cc3OC)nc3ccccc23)sc2c1CCCC2. The van der Waals surface area contributed by atoms with E-state index in [2.05, 4.69) is 5.32 Å². The number of nitrogens with one attached hydrogen (secondary N) is 1. The van der Waals surface area contributed by atoms with Crippen LogP contribution in [0.5, 0.6) is 11.5 Å². The highest BCUT2D eigenvalue weighted by molar-refractivity contribution is 7.17. The number of fused-ring (bicyclic) bond motifs is 2. The molecule has 0 aliphatic heterocycles. The van der Waals surface area contributed by atoms with E-state index in [1.807, 2.05) is 36.4 Å². The molecule has 0 fully saturated rings. The minimum absolute atomic E-state index is 0.277. The summed E-state index contributed by atoms with van der Waals surface area (Å²) in [5, 5.41) is 4.30. The van der Waals surface area contributed by atoms with Gasteiger partial charge in [-0.1, -0.05) is 18.2 Å². The van der Waals surface area contributed by atoms with Crippen molar-refractivity contribution >= 4 is 39.1 Å². The van der Waals surface area contributed by atoms with E-state index in [4.69, 9.17) is 19.2 Å². The molecule has 7 nitrogen and oxygen atoms in total. The Morgan fingerprint density at radius 3 is 2.62 bits per heavy atom. The smallest absolute Gasteiger partial charge is 0.341 e. The average Bonchev–Trinajstić information content (AvgIpc) is 3.29. The average molecular weight is 517 g/mol. The Hall–Kier alpha value is -3.91. The number of amides is 1. The van der Waals surface area contributed by atoms with Crippen LogP contribution >= 0.6 is 11.3 Å². The van der Waals surface area contributed by atoms with Crippen LogP contribution in [0.25, 0.3) is 22.2 Å². The second-order valence-corrected chi connectivity index (χ2v) is 9.83. The molecule has 0 unspecified atom stereocenters. The van der Waals surface area contributed by atoms with Gasteiger partial charge in [-0.3, -0.25) is 4.79 Å². The molecule has 0 atom stereocenters. The lowest BCUT2D eigenvalue weighted by Gasteiger charge is -2.14. The molecule has 0 bridgehead atoms. The summed E-state index contributed by atoms with van der Waals surface area (Å²) >= 11 is 1.47. The fourth-order valence-corrected chi connectivity index (χ4v) is 6.03. The summed E-state index contributed by atoms with van der Waals surface area (Å²) in [5.74, 6) is 0.549. The van der Waals surface area contributed by atoms with Crippen molar-refractivity contribution in [3.8, 4) is 22.8 Å². The summed E-state index contributed by atoms with van der Waals surface area (Å²) in [5.41, 5.74) is 3.97. The number of benzene rings is 2. The van der Waals surface area contributed by atoms with Gasteiger partial charge < -0.3 is 19.5 Å². The quantitative estimate of drug-likeness (QED) is 0.291. The first-order chi connectivity index (χ1) is 18.0. The number of carbonyl (C=O) groups is 2. The van der Waals surface area contributed by atoms with Gasteiger partial charge in [0.2, 0.25) is 0 Å². The van der Waals surface area contributed by atoms with Gasteiger partial charge in [0.25, 0.3) is 5.91 Å². The normalized spacial score (nSPS) is 12.6. The van der Waals surface area contributed by atoms with Gasteiger partial charge in [0, 0.05) is 21.9 Å². The fourth-order valence-electron chi connectivity index (χ4n) is 4.75. The predicted molar refractivity (Wildman–Crippen MR) is 145 cm³/mol. The number of pyridine rings is 1. The van der Waals surface area contributed by atoms with E-state index in [0.717, 1.165) is 47.1 Å².